The molecule has 0 saturated carbocycles. The summed E-state index contributed by atoms with van der Waals surface area (Å²) in [5.74, 6) is 1.52. The molecule has 1 saturated heterocycles. The number of hydrogen-bond acceptors (Lipinski definition) is 3. The number of ether oxygens (including phenoxy) is 1. The molecule has 1 N–H and O–H groups in total. The summed E-state index contributed by atoms with van der Waals surface area (Å²) in [4.78, 5) is 2.45. The summed E-state index contributed by atoms with van der Waals surface area (Å²) in [5.41, 5.74) is 0.811. The van der Waals surface area contributed by atoms with E-state index >= 15 is 0 Å². The predicted molar refractivity (Wildman–Crippen MR) is 91.7 cm³/mol. The lowest BCUT2D eigenvalue weighted by Crippen LogP contribution is -2.35. The molecule has 0 radical (unpaired) electrons. The van der Waals surface area contributed by atoms with E-state index in [9.17, 15) is 5.11 Å². The Bertz CT molecular complexity index is 466. The number of benzene rings is 1. The van der Waals surface area contributed by atoms with Gasteiger partial charge in [0, 0.05) is 23.7 Å². The van der Waals surface area contributed by atoms with Gasteiger partial charge in [0.25, 0.3) is 0 Å². The summed E-state index contributed by atoms with van der Waals surface area (Å²) in [6.45, 7) is 8.24. The maximum atomic E-state index is 10.6. The largest absolute Gasteiger partial charge is 0.493 e. The zero-order chi connectivity index (χ0) is 15.9. The minimum atomic E-state index is -0.525. The molecule has 4 heteroatoms. The van der Waals surface area contributed by atoms with Crippen LogP contribution in [-0.4, -0.2) is 36.2 Å². The van der Waals surface area contributed by atoms with Crippen LogP contribution in [0.4, 0.5) is 0 Å². The summed E-state index contributed by atoms with van der Waals surface area (Å²) in [6, 6.07) is 5.50. The van der Waals surface area contributed by atoms with Crippen LogP contribution in [0, 0.1) is 5.92 Å². The lowest BCUT2D eigenvalue weighted by Gasteiger charge is -2.31. The smallest absolute Gasteiger partial charge is 0.125 e. The zero-order valence-corrected chi connectivity index (χ0v) is 14.5. The van der Waals surface area contributed by atoms with Crippen LogP contribution in [0.5, 0.6) is 5.75 Å². The van der Waals surface area contributed by atoms with Crippen LogP contribution in [0.3, 0.4) is 0 Å². The highest BCUT2D eigenvalue weighted by Gasteiger charge is 2.19. The van der Waals surface area contributed by atoms with Gasteiger partial charge in [0.05, 0.1) is 12.7 Å². The molecule has 124 valence electrons. The molecule has 2 rings (SSSR count). The number of aliphatic hydroxyl groups is 1. The van der Waals surface area contributed by atoms with Gasteiger partial charge in [0.15, 0.2) is 0 Å². The number of piperidine rings is 1. The van der Waals surface area contributed by atoms with Crippen molar-refractivity contribution in [1.82, 2.24) is 4.90 Å². The molecule has 1 aliphatic heterocycles. The van der Waals surface area contributed by atoms with Gasteiger partial charge < -0.3 is 14.7 Å². The molecular formula is C18H28ClNO2. The topological polar surface area (TPSA) is 32.7 Å². The van der Waals surface area contributed by atoms with Crippen LogP contribution in [0.25, 0.3) is 0 Å². The van der Waals surface area contributed by atoms with E-state index in [2.05, 4.69) is 18.7 Å². The second-order valence-electron chi connectivity index (χ2n) is 6.38. The second-order valence-corrected chi connectivity index (χ2v) is 6.82. The molecule has 0 spiro atoms. The molecule has 1 aromatic carbocycles. The fraction of sp³-hybridized carbons (Fsp3) is 0.667. The molecule has 1 aliphatic rings. The van der Waals surface area contributed by atoms with Crippen LogP contribution in [0.15, 0.2) is 18.2 Å². The van der Waals surface area contributed by atoms with Crippen molar-refractivity contribution < 1.29 is 9.84 Å². The Labute approximate surface area is 139 Å². The van der Waals surface area contributed by atoms with Gasteiger partial charge in [-0.05, 0) is 56.3 Å². The van der Waals surface area contributed by atoms with E-state index in [4.69, 9.17) is 16.3 Å². The van der Waals surface area contributed by atoms with Crippen molar-refractivity contribution in [1.29, 1.82) is 0 Å². The highest BCUT2D eigenvalue weighted by Crippen LogP contribution is 2.31. The summed E-state index contributed by atoms with van der Waals surface area (Å²) in [6.07, 6.45) is 3.73. The quantitative estimate of drug-likeness (QED) is 0.812. The van der Waals surface area contributed by atoms with Crippen LogP contribution >= 0.6 is 11.6 Å². The Morgan fingerprint density at radius 1 is 1.45 bits per heavy atom. The van der Waals surface area contributed by atoms with E-state index in [1.54, 1.807) is 0 Å². The number of rotatable bonds is 7. The van der Waals surface area contributed by atoms with Crippen molar-refractivity contribution in [2.24, 2.45) is 5.92 Å². The second kappa shape index (κ2) is 8.76. The van der Waals surface area contributed by atoms with Gasteiger partial charge in [0.2, 0.25) is 0 Å². The van der Waals surface area contributed by atoms with Crippen molar-refractivity contribution in [3.63, 3.8) is 0 Å². The van der Waals surface area contributed by atoms with E-state index in [1.807, 2.05) is 18.2 Å². The average Bonchev–Trinajstić information content (AvgIpc) is 2.51. The lowest BCUT2D eigenvalue weighted by molar-refractivity contribution is 0.119. The van der Waals surface area contributed by atoms with Gasteiger partial charge in [-0.1, -0.05) is 25.4 Å². The molecule has 0 amide bonds. The molecular weight excluding hydrogens is 298 g/mol. The van der Waals surface area contributed by atoms with Crippen LogP contribution in [0.2, 0.25) is 5.02 Å². The highest BCUT2D eigenvalue weighted by molar-refractivity contribution is 6.30. The maximum Gasteiger partial charge on any atom is 0.125 e. The Balaban J connectivity index is 1.95. The predicted octanol–water partition coefficient (Wildman–Crippen LogP) is 4.28. The first-order valence-electron chi connectivity index (χ1n) is 8.42. The summed E-state index contributed by atoms with van der Waals surface area (Å²) >= 11 is 6.09. The third-order valence-electron chi connectivity index (χ3n) is 4.25. The van der Waals surface area contributed by atoms with Crippen LogP contribution < -0.4 is 4.74 Å². The monoisotopic (exact) mass is 325 g/mol. The number of likely N-dealkylation sites (tertiary alicyclic amines) is 1. The third-order valence-corrected chi connectivity index (χ3v) is 4.49. The first kappa shape index (κ1) is 17.6. The number of halogens is 1. The van der Waals surface area contributed by atoms with Crippen molar-refractivity contribution in [3.05, 3.63) is 28.8 Å². The van der Waals surface area contributed by atoms with Gasteiger partial charge in [-0.15, -0.1) is 0 Å². The Morgan fingerprint density at radius 2 is 2.27 bits per heavy atom. The fourth-order valence-electron chi connectivity index (χ4n) is 3.07. The molecule has 2 atom stereocenters. The van der Waals surface area contributed by atoms with E-state index < -0.39 is 6.10 Å². The zero-order valence-electron chi connectivity index (χ0n) is 13.7. The molecule has 1 aromatic rings. The van der Waals surface area contributed by atoms with E-state index in [-0.39, 0.29) is 0 Å². The van der Waals surface area contributed by atoms with Crippen LogP contribution in [-0.2, 0) is 0 Å². The molecule has 0 bridgehead atoms. The first-order valence-corrected chi connectivity index (χ1v) is 8.80. The Morgan fingerprint density at radius 3 is 3.00 bits per heavy atom. The molecule has 0 aliphatic carbocycles. The third kappa shape index (κ3) is 5.15. The Kier molecular flexibility index (Phi) is 7.00. The van der Waals surface area contributed by atoms with Crippen molar-refractivity contribution in [3.8, 4) is 5.75 Å². The van der Waals surface area contributed by atoms with Gasteiger partial charge >= 0.3 is 0 Å². The minimum Gasteiger partial charge on any atom is -0.493 e. The van der Waals surface area contributed by atoms with Crippen LogP contribution in [0.1, 0.15) is 51.2 Å². The van der Waals surface area contributed by atoms with Gasteiger partial charge in [0.1, 0.15) is 5.75 Å². The molecule has 1 fully saturated rings. The molecule has 2 unspecified atom stereocenters. The number of aliphatic hydroxyl groups excluding tert-OH is 1. The number of hydrogen-bond donors (Lipinski definition) is 1. The lowest BCUT2D eigenvalue weighted by atomic mass is 9.99. The minimum absolute atomic E-state index is 0.525. The average molecular weight is 326 g/mol. The van der Waals surface area contributed by atoms with Crippen molar-refractivity contribution in [2.45, 2.75) is 45.6 Å². The SMILES string of the molecule is CCCOc1ccc(Cl)cc1C(O)CCN1CCCC(C)C1. The summed E-state index contributed by atoms with van der Waals surface area (Å²) < 4.78 is 5.74. The van der Waals surface area contributed by atoms with Crippen molar-refractivity contribution in [2.75, 3.05) is 26.2 Å². The maximum absolute atomic E-state index is 10.6. The normalized spacial score (nSPS) is 20.8. The molecule has 22 heavy (non-hydrogen) atoms. The summed E-state index contributed by atoms with van der Waals surface area (Å²) in [5, 5.41) is 11.2. The highest BCUT2D eigenvalue weighted by atomic mass is 35.5. The van der Waals surface area contributed by atoms with Gasteiger partial charge in [-0.2, -0.15) is 0 Å². The number of nitrogens with zero attached hydrogens (tertiary/aromatic N) is 1. The van der Waals surface area contributed by atoms with Gasteiger partial charge in [-0.3, -0.25) is 0 Å². The van der Waals surface area contributed by atoms with E-state index in [0.29, 0.717) is 11.6 Å². The fourth-order valence-corrected chi connectivity index (χ4v) is 3.25. The molecule has 1 heterocycles. The van der Waals surface area contributed by atoms with E-state index in [0.717, 1.165) is 49.7 Å². The Hall–Kier alpha value is -0.770. The molecule has 3 nitrogen and oxygen atoms in total. The van der Waals surface area contributed by atoms with E-state index in [1.165, 1.54) is 12.8 Å². The van der Waals surface area contributed by atoms with Gasteiger partial charge in [-0.25, -0.2) is 0 Å². The van der Waals surface area contributed by atoms with Crippen molar-refractivity contribution >= 4 is 11.6 Å². The molecule has 0 aromatic heterocycles. The standard InChI is InChI=1S/C18H28ClNO2/c1-3-11-22-18-7-6-15(19)12-16(18)17(21)8-10-20-9-4-5-14(2)13-20/h6-7,12,14,17,21H,3-5,8-11,13H2,1-2H3. The first-order chi connectivity index (χ1) is 10.6. The summed E-state index contributed by atoms with van der Waals surface area (Å²) in [7, 11) is 0.